The van der Waals surface area contributed by atoms with Crippen LogP contribution in [0.25, 0.3) is 0 Å². The van der Waals surface area contributed by atoms with Crippen LogP contribution in [0.2, 0.25) is 0 Å². The van der Waals surface area contributed by atoms with Crippen molar-refractivity contribution in [2.75, 3.05) is 31.1 Å². The Balaban J connectivity index is 2.25. The lowest BCUT2D eigenvalue weighted by Crippen LogP contribution is -2.38. The minimum Gasteiger partial charge on any atom is -0.307 e. The number of amides is 1. The Morgan fingerprint density at radius 3 is 2.04 bits per heavy atom. The number of hydrogen-bond acceptors (Lipinski definition) is 2. The number of likely N-dealkylation sites (N-methyl/N-ethyl adjacent to an activating group) is 1. The molecule has 2 aromatic rings. The Bertz CT molecular complexity index is 648. The molecule has 0 heterocycles. The maximum Gasteiger partial charge on any atom is 0.258 e. The zero-order valence-electron chi connectivity index (χ0n) is 14.6. The summed E-state index contributed by atoms with van der Waals surface area (Å²) in [6.07, 6.45) is 0. The summed E-state index contributed by atoms with van der Waals surface area (Å²) in [5, 5.41) is 0. The van der Waals surface area contributed by atoms with E-state index in [1.807, 2.05) is 31.2 Å². The molecule has 0 aliphatic rings. The van der Waals surface area contributed by atoms with Crippen LogP contribution in [0.15, 0.2) is 48.5 Å². The first-order chi connectivity index (χ1) is 11.5. The SMILES string of the molecule is CCN(CC)CCN(C(=O)c1ccc(F)cc1)c1ccc(C)cc1. The molecule has 3 nitrogen and oxygen atoms in total. The van der Waals surface area contributed by atoms with Crippen molar-refractivity contribution in [3.05, 3.63) is 65.5 Å². The van der Waals surface area contributed by atoms with Crippen LogP contribution in [0, 0.1) is 12.7 Å². The summed E-state index contributed by atoms with van der Waals surface area (Å²) in [7, 11) is 0. The number of nitrogens with zero attached hydrogens (tertiary/aromatic N) is 2. The Labute approximate surface area is 143 Å². The molecule has 0 fully saturated rings. The second-order valence-electron chi connectivity index (χ2n) is 5.83. The molecular weight excluding hydrogens is 303 g/mol. The van der Waals surface area contributed by atoms with Gasteiger partial charge in [0.2, 0.25) is 0 Å². The predicted molar refractivity (Wildman–Crippen MR) is 97.0 cm³/mol. The fourth-order valence-corrected chi connectivity index (χ4v) is 2.60. The molecule has 0 aliphatic heterocycles. The van der Waals surface area contributed by atoms with Crippen molar-refractivity contribution in [2.45, 2.75) is 20.8 Å². The number of carbonyl (C=O) groups excluding carboxylic acids is 1. The second-order valence-corrected chi connectivity index (χ2v) is 5.83. The fourth-order valence-electron chi connectivity index (χ4n) is 2.60. The summed E-state index contributed by atoms with van der Waals surface area (Å²) in [6, 6.07) is 13.6. The highest BCUT2D eigenvalue weighted by Crippen LogP contribution is 2.18. The molecule has 1 amide bonds. The molecule has 4 heteroatoms. The largest absolute Gasteiger partial charge is 0.307 e. The van der Waals surface area contributed by atoms with E-state index in [0.717, 1.165) is 30.9 Å². The summed E-state index contributed by atoms with van der Waals surface area (Å²) < 4.78 is 13.1. The van der Waals surface area contributed by atoms with E-state index in [4.69, 9.17) is 0 Å². The molecule has 0 radical (unpaired) electrons. The number of halogens is 1. The quantitative estimate of drug-likeness (QED) is 0.763. The number of hydrogen-bond donors (Lipinski definition) is 0. The van der Waals surface area contributed by atoms with Gasteiger partial charge in [-0.05, 0) is 56.4 Å². The lowest BCUT2D eigenvalue weighted by atomic mass is 10.1. The molecule has 0 unspecified atom stereocenters. The van der Waals surface area contributed by atoms with Gasteiger partial charge in [0.05, 0.1) is 0 Å². The number of aryl methyl sites for hydroxylation is 1. The van der Waals surface area contributed by atoms with Gasteiger partial charge in [-0.3, -0.25) is 4.79 Å². The summed E-state index contributed by atoms with van der Waals surface area (Å²) in [4.78, 5) is 17.0. The summed E-state index contributed by atoms with van der Waals surface area (Å²) >= 11 is 0. The average molecular weight is 328 g/mol. The topological polar surface area (TPSA) is 23.6 Å². The van der Waals surface area contributed by atoms with E-state index in [1.54, 1.807) is 4.90 Å². The second kappa shape index (κ2) is 8.60. The first kappa shape index (κ1) is 18.1. The van der Waals surface area contributed by atoms with Crippen LogP contribution >= 0.6 is 0 Å². The third-order valence-corrected chi connectivity index (χ3v) is 4.22. The molecule has 128 valence electrons. The van der Waals surface area contributed by atoms with Crippen molar-refractivity contribution < 1.29 is 9.18 Å². The van der Waals surface area contributed by atoms with E-state index in [1.165, 1.54) is 24.3 Å². The van der Waals surface area contributed by atoms with E-state index in [-0.39, 0.29) is 11.7 Å². The highest BCUT2D eigenvalue weighted by Gasteiger charge is 2.18. The predicted octanol–water partition coefficient (Wildman–Crippen LogP) is 4.12. The molecule has 0 saturated heterocycles. The molecule has 0 saturated carbocycles. The molecule has 0 aliphatic carbocycles. The summed E-state index contributed by atoms with van der Waals surface area (Å²) in [5.74, 6) is -0.442. The van der Waals surface area contributed by atoms with E-state index in [0.29, 0.717) is 12.1 Å². The van der Waals surface area contributed by atoms with Gasteiger partial charge in [0, 0.05) is 24.3 Å². The van der Waals surface area contributed by atoms with Crippen molar-refractivity contribution in [1.82, 2.24) is 4.90 Å². The van der Waals surface area contributed by atoms with Gasteiger partial charge in [0.15, 0.2) is 0 Å². The zero-order chi connectivity index (χ0) is 17.5. The van der Waals surface area contributed by atoms with Gasteiger partial charge >= 0.3 is 0 Å². The number of anilines is 1. The van der Waals surface area contributed by atoms with E-state index in [9.17, 15) is 9.18 Å². The van der Waals surface area contributed by atoms with Crippen molar-refractivity contribution in [3.8, 4) is 0 Å². The molecule has 2 aromatic carbocycles. The van der Waals surface area contributed by atoms with Crippen LogP contribution < -0.4 is 4.90 Å². The van der Waals surface area contributed by atoms with Crippen molar-refractivity contribution in [3.63, 3.8) is 0 Å². The molecule has 0 N–H and O–H groups in total. The lowest BCUT2D eigenvalue weighted by Gasteiger charge is -2.27. The minimum atomic E-state index is -0.337. The fraction of sp³-hybridized carbons (Fsp3) is 0.350. The average Bonchev–Trinajstić information content (AvgIpc) is 2.60. The molecule has 0 aromatic heterocycles. The Morgan fingerprint density at radius 1 is 0.917 bits per heavy atom. The van der Waals surface area contributed by atoms with Crippen molar-refractivity contribution in [2.24, 2.45) is 0 Å². The summed E-state index contributed by atoms with van der Waals surface area (Å²) in [6.45, 7) is 9.54. The third kappa shape index (κ3) is 4.65. The lowest BCUT2D eigenvalue weighted by molar-refractivity contribution is 0.0983. The number of rotatable bonds is 7. The third-order valence-electron chi connectivity index (χ3n) is 4.22. The van der Waals surface area contributed by atoms with Crippen LogP contribution in [0.4, 0.5) is 10.1 Å². The Kier molecular flexibility index (Phi) is 6.50. The van der Waals surface area contributed by atoms with Crippen LogP contribution in [-0.4, -0.2) is 37.0 Å². The van der Waals surface area contributed by atoms with E-state index < -0.39 is 0 Å². The van der Waals surface area contributed by atoms with Crippen LogP contribution in [0.3, 0.4) is 0 Å². The Hall–Kier alpha value is -2.20. The van der Waals surface area contributed by atoms with E-state index in [2.05, 4.69) is 18.7 Å². The van der Waals surface area contributed by atoms with Gasteiger partial charge in [-0.2, -0.15) is 0 Å². The molecule has 0 bridgehead atoms. The molecular formula is C20H25FN2O. The monoisotopic (exact) mass is 328 g/mol. The van der Waals surface area contributed by atoms with Gasteiger partial charge in [-0.25, -0.2) is 4.39 Å². The summed E-state index contributed by atoms with van der Waals surface area (Å²) in [5.41, 5.74) is 2.51. The first-order valence-electron chi connectivity index (χ1n) is 8.41. The number of benzene rings is 2. The number of carbonyl (C=O) groups is 1. The molecule has 0 spiro atoms. The molecule has 0 atom stereocenters. The molecule has 2 rings (SSSR count). The van der Waals surface area contributed by atoms with Crippen LogP contribution in [-0.2, 0) is 0 Å². The maximum absolute atomic E-state index is 13.1. The van der Waals surface area contributed by atoms with Crippen molar-refractivity contribution >= 4 is 11.6 Å². The smallest absolute Gasteiger partial charge is 0.258 e. The van der Waals surface area contributed by atoms with Gasteiger partial charge in [0.1, 0.15) is 5.82 Å². The Morgan fingerprint density at radius 2 is 1.50 bits per heavy atom. The van der Waals surface area contributed by atoms with Gasteiger partial charge < -0.3 is 9.80 Å². The highest BCUT2D eigenvalue weighted by atomic mass is 19.1. The van der Waals surface area contributed by atoms with Gasteiger partial charge in [-0.1, -0.05) is 31.5 Å². The van der Waals surface area contributed by atoms with Gasteiger partial charge in [-0.15, -0.1) is 0 Å². The standard InChI is InChI=1S/C20H25FN2O/c1-4-22(5-2)14-15-23(19-12-6-16(3)7-13-19)20(24)17-8-10-18(21)11-9-17/h6-13H,4-5,14-15H2,1-3H3. The normalized spacial score (nSPS) is 10.9. The van der Waals surface area contributed by atoms with Crippen LogP contribution in [0.5, 0.6) is 0 Å². The van der Waals surface area contributed by atoms with E-state index >= 15 is 0 Å². The molecule has 24 heavy (non-hydrogen) atoms. The maximum atomic E-state index is 13.1. The first-order valence-corrected chi connectivity index (χ1v) is 8.41. The highest BCUT2D eigenvalue weighted by molar-refractivity contribution is 6.06. The minimum absolute atomic E-state index is 0.106. The van der Waals surface area contributed by atoms with Gasteiger partial charge in [0.25, 0.3) is 5.91 Å². The van der Waals surface area contributed by atoms with Crippen molar-refractivity contribution in [1.29, 1.82) is 0 Å². The zero-order valence-corrected chi connectivity index (χ0v) is 14.6. The van der Waals surface area contributed by atoms with Crippen LogP contribution in [0.1, 0.15) is 29.8 Å².